The fourth-order valence-electron chi connectivity index (χ4n) is 4.37. The number of nitrogens with zero attached hydrogens (tertiary/aromatic N) is 2. The van der Waals surface area contributed by atoms with Crippen LogP contribution in [0.2, 0.25) is 5.02 Å². The summed E-state index contributed by atoms with van der Waals surface area (Å²) in [5, 5.41) is 3.24. The maximum Gasteiger partial charge on any atom is 0.244 e. The van der Waals surface area contributed by atoms with Gasteiger partial charge in [0.05, 0.1) is 31.2 Å². The summed E-state index contributed by atoms with van der Waals surface area (Å²) in [6.07, 6.45) is 4.94. The largest absolute Gasteiger partial charge is 0.497 e. The van der Waals surface area contributed by atoms with E-state index in [9.17, 15) is 18.0 Å². The number of nitrogens with one attached hydrogen (secondary N) is 1. The van der Waals surface area contributed by atoms with Crippen LogP contribution < -0.4 is 19.1 Å². The predicted molar refractivity (Wildman–Crippen MR) is 144 cm³/mol. The van der Waals surface area contributed by atoms with Gasteiger partial charge in [-0.2, -0.15) is 0 Å². The highest BCUT2D eigenvalue weighted by Gasteiger charge is 2.31. The third-order valence-electron chi connectivity index (χ3n) is 6.46. The van der Waals surface area contributed by atoms with Crippen molar-refractivity contribution in [2.24, 2.45) is 0 Å². The monoisotopic (exact) mass is 551 g/mol. The minimum atomic E-state index is -3.87. The Hall–Kier alpha value is -2.98. The molecule has 0 heterocycles. The van der Waals surface area contributed by atoms with Crippen LogP contribution in [0.25, 0.3) is 0 Å². The molecule has 0 saturated heterocycles. The van der Waals surface area contributed by atoms with Crippen LogP contribution in [-0.4, -0.2) is 64.2 Å². The molecule has 11 heteroatoms. The lowest BCUT2D eigenvalue weighted by Gasteiger charge is -2.32. The van der Waals surface area contributed by atoms with Crippen molar-refractivity contribution >= 4 is 39.1 Å². The SMILES string of the molecule is COc1cccc(CN(C(=O)CN(c2ccc(OC)c(Cl)c2)S(C)(=O)=O)[C@H](C)C(=O)NC2CCCC2)c1. The standard InChI is InChI=1S/C26H34ClN3O6S/c1-18(26(32)28-20-9-5-6-10-20)29(16-19-8-7-11-22(14-19)35-2)25(31)17-30(37(4,33)34)21-12-13-24(36-3)23(27)15-21/h7-8,11-15,18,20H,5-6,9-10,16-17H2,1-4H3,(H,28,32)/t18-/m1/s1. The molecular formula is C26H34ClN3O6S. The number of carbonyl (C=O) groups excluding carboxylic acids is 2. The first-order valence-electron chi connectivity index (χ1n) is 12.1. The zero-order chi connectivity index (χ0) is 27.2. The van der Waals surface area contributed by atoms with Crippen LogP contribution in [0.1, 0.15) is 38.2 Å². The highest BCUT2D eigenvalue weighted by Crippen LogP contribution is 2.30. The summed E-state index contributed by atoms with van der Waals surface area (Å²) in [7, 11) is -0.868. The number of anilines is 1. The average Bonchev–Trinajstić information content (AvgIpc) is 3.37. The van der Waals surface area contributed by atoms with E-state index in [1.807, 2.05) is 6.07 Å². The Morgan fingerprint density at radius 3 is 2.41 bits per heavy atom. The number of methoxy groups -OCH3 is 2. The molecule has 0 unspecified atom stereocenters. The maximum atomic E-state index is 13.7. The molecule has 2 aromatic rings. The number of hydrogen-bond acceptors (Lipinski definition) is 6. The van der Waals surface area contributed by atoms with Crippen molar-refractivity contribution in [3.8, 4) is 11.5 Å². The lowest BCUT2D eigenvalue weighted by Crippen LogP contribution is -2.52. The molecule has 1 aliphatic carbocycles. The van der Waals surface area contributed by atoms with Gasteiger partial charge < -0.3 is 19.7 Å². The summed E-state index contributed by atoms with van der Waals surface area (Å²) < 4.78 is 36.9. The van der Waals surface area contributed by atoms with Crippen molar-refractivity contribution in [3.05, 3.63) is 53.1 Å². The van der Waals surface area contributed by atoms with Crippen molar-refractivity contribution in [2.45, 2.75) is 51.2 Å². The quantitative estimate of drug-likeness (QED) is 0.457. The molecule has 0 aromatic heterocycles. The number of carbonyl (C=O) groups is 2. The molecule has 3 rings (SSSR count). The Kier molecular flexibility index (Phi) is 9.67. The van der Waals surface area contributed by atoms with E-state index in [4.69, 9.17) is 21.1 Å². The molecule has 0 aliphatic heterocycles. The Morgan fingerprint density at radius 2 is 1.81 bits per heavy atom. The molecule has 0 spiro atoms. The van der Waals surface area contributed by atoms with E-state index in [0.29, 0.717) is 11.5 Å². The minimum absolute atomic E-state index is 0.0812. The van der Waals surface area contributed by atoms with Crippen LogP contribution in [-0.2, 0) is 26.2 Å². The second-order valence-corrected chi connectivity index (χ2v) is 11.4. The normalized spacial score (nSPS) is 14.6. The van der Waals surface area contributed by atoms with Crippen LogP contribution in [0.3, 0.4) is 0 Å². The number of amides is 2. The third kappa shape index (κ3) is 7.52. The topological polar surface area (TPSA) is 105 Å². The number of sulfonamides is 1. The van der Waals surface area contributed by atoms with Crippen molar-refractivity contribution in [1.29, 1.82) is 0 Å². The zero-order valence-corrected chi connectivity index (χ0v) is 23.1. The molecule has 202 valence electrons. The number of ether oxygens (including phenoxy) is 2. The molecule has 1 N–H and O–H groups in total. The van der Waals surface area contributed by atoms with E-state index < -0.39 is 28.5 Å². The van der Waals surface area contributed by atoms with Gasteiger partial charge in [-0.3, -0.25) is 13.9 Å². The summed E-state index contributed by atoms with van der Waals surface area (Å²) in [6.45, 7) is 1.24. The van der Waals surface area contributed by atoms with E-state index in [1.54, 1.807) is 32.2 Å². The number of halogens is 1. The van der Waals surface area contributed by atoms with Gasteiger partial charge in [0, 0.05) is 12.6 Å². The summed E-state index contributed by atoms with van der Waals surface area (Å²) in [5.41, 5.74) is 0.956. The molecule has 0 radical (unpaired) electrons. The van der Waals surface area contributed by atoms with E-state index in [2.05, 4.69) is 5.32 Å². The van der Waals surface area contributed by atoms with Gasteiger partial charge in [-0.25, -0.2) is 8.42 Å². The van der Waals surface area contributed by atoms with Gasteiger partial charge >= 0.3 is 0 Å². The number of hydrogen-bond donors (Lipinski definition) is 1. The highest BCUT2D eigenvalue weighted by molar-refractivity contribution is 7.92. The first kappa shape index (κ1) is 28.6. The lowest BCUT2D eigenvalue weighted by molar-refractivity contribution is -0.139. The summed E-state index contributed by atoms with van der Waals surface area (Å²) >= 11 is 6.23. The average molecular weight is 552 g/mol. The van der Waals surface area contributed by atoms with E-state index in [0.717, 1.165) is 41.8 Å². The van der Waals surface area contributed by atoms with Crippen LogP contribution >= 0.6 is 11.6 Å². The second-order valence-electron chi connectivity index (χ2n) is 9.13. The Labute approximate surface area is 223 Å². The maximum absolute atomic E-state index is 13.7. The van der Waals surface area contributed by atoms with Gasteiger partial charge in [0.2, 0.25) is 21.8 Å². The molecule has 9 nitrogen and oxygen atoms in total. The van der Waals surface area contributed by atoms with E-state index >= 15 is 0 Å². The van der Waals surface area contributed by atoms with Gasteiger partial charge in [0.15, 0.2) is 0 Å². The van der Waals surface area contributed by atoms with E-state index in [1.165, 1.54) is 30.2 Å². The molecule has 37 heavy (non-hydrogen) atoms. The Balaban J connectivity index is 1.91. The van der Waals surface area contributed by atoms with Gasteiger partial charge in [-0.1, -0.05) is 36.6 Å². The summed E-state index contributed by atoms with van der Waals surface area (Å²) in [4.78, 5) is 28.2. The zero-order valence-electron chi connectivity index (χ0n) is 21.6. The minimum Gasteiger partial charge on any atom is -0.497 e. The Bertz CT molecular complexity index is 1220. The summed E-state index contributed by atoms with van der Waals surface area (Å²) in [6, 6.07) is 10.9. The molecular weight excluding hydrogens is 518 g/mol. The molecule has 1 fully saturated rings. The molecule has 0 bridgehead atoms. The van der Waals surface area contributed by atoms with Gasteiger partial charge in [0.1, 0.15) is 24.1 Å². The van der Waals surface area contributed by atoms with E-state index in [-0.39, 0.29) is 29.2 Å². The first-order valence-corrected chi connectivity index (χ1v) is 14.3. The van der Waals surface area contributed by atoms with Crippen molar-refractivity contribution < 1.29 is 27.5 Å². The smallest absolute Gasteiger partial charge is 0.244 e. The van der Waals surface area contributed by atoms with Gasteiger partial charge in [-0.05, 0) is 55.7 Å². The lowest BCUT2D eigenvalue weighted by atomic mass is 10.1. The molecule has 1 aliphatic rings. The van der Waals surface area contributed by atoms with Crippen LogP contribution in [0, 0.1) is 0 Å². The third-order valence-corrected chi connectivity index (χ3v) is 7.89. The van der Waals surface area contributed by atoms with Crippen molar-refractivity contribution in [3.63, 3.8) is 0 Å². The first-order chi connectivity index (χ1) is 17.5. The van der Waals surface area contributed by atoms with Crippen LogP contribution in [0.4, 0.5) is 5.69 Å². The second kappa shape index (κ2) is 12.5. The predicted octanol–water partition coefficient (Wildman–Crippen LogP) is 3.60. The van der Waals surface area contributed by atoms with Gasteiger partial charge in [0.25, 0.3) is 0 Å². The van der Waals surface area contributed by atoms with Crippen molar-refractivity contribution in [2.75, 3.05) is 31.3 Å². The van der Waals surface area contributed by atoms with Crippen LogP contribution in [0.5, 0.6) is 11.5 Å². The van der Waals surface area contributed by atoms with Gasteiger partial charge in [-0.15, -0.1) is 0 Å². The molecule has 2 aromatic carbocycles. The number of rotatable bonds is 11. The fourth-order valence-corrected chi connectivity index (χ4v) is 5.46. The summed E-state index contributed by atoms with van der Waals surface area (Å²) in [5.74, 6) is 0.177. The molecule has 2 amide bonds. The highest BCUT2D eigenvalue weighted by atomic mass is 35.5. The van der Waals surface area contributed by atoms with Crippen LogP contribution in [0.15, 0.2) is 42.5 Å². The Morgan fingerprint density at radius 1 is 1.11 bits per heavy atom. The fraction of sp³-hybridized carbons (Fsp3) is 0.462. The molecule has 1 atom stereocenters. The number of benzene rings is 2. The molecule has 1 saturated carbocycles. The van der Waals surface area contributed by atoms with Crippen molar-refractivity contribution in [1.82, 2.24) is 10.2 Å².